The molecule has 3 aromatic heterocycles. The van der Waals surface area contributed by atoms with Gasteiger partial charge in [-0.05, 0) is 42.5 Å². The molecular weight excluding hydrogens is 378 g/mol. The van der Waals surface area contributed by atoms with Crippen LogP contribution in [0.1, 0.15) is 29.9 Å². The largest absolute Gasteiger partial charge is 0.471 e. The van der Waals surface area contributed by atoms with Gasteiger partial charge in [-0.1, -0.05) is 12.1 Å². The fourth-order valence-electron chi connectivity index (χ4n) is 3.72. The smallest absolute Gasteiger partial charge is 0.219 e. The van der Waals surface area contributed by atoms with E-state index in [0.29, 0.717) is 18.3 Å². The van der Waals surface area contributed by atoms with Crippen LogP contribution in [0.3, 0.4) is 0 Å². The van der Waals surface area contributed by atoms with Crippen LogP contribution in [0.15, 0.2) is 55.0 Å². The summed E-state index contributed by atoms with van der Waals surface area (Å²) in [5.74, 6) is 2.14. The third-order valence-corrected chi connectivity index (χ3v) is 5.70. The summed E-state index contributed by atoms with van der Waals surface area (Å²) in [6, 6.07) is 12.2. The van der Waals surface area contributed by atoms with Crippen LogP contribution < -0.4 is 15.4 Å². The summed E-state index contributed by atoms with van der Waals surface area (Å²) in [5.41, 5.74) is 4.34. The van der Waals surface area contributed by atoms with Gasteiger partial charge >= 0.3 is 0 Å². The SMILES string of the molecule is c1cnn(-c2ccc(CNc3cc(OC4CNC4)nc4c(C5CC5)cnn34)cc2)c1. The number of fused-ring (bicyclic) bond motifs is 1. The lowest BCUT2D eigenvalue weighted by atomic mass is 10.2. The molecule has 30 heavy (non-hydrogen) atoms. The standard InChI is InChI=1S/C22H23N7O/c1-8-25-28(9-1)17-6-2-15(3-7-17)11-24-20-10-21(30-18-12-23-13-18)27-22-19(16-4-5-16)14-26-29(20)22/h1-3,6-10,14,16,18,23-24H,4-5,11-13H2. The van der Waals surface area contributed by atoms with E-state index < -0.39 is 0 Å². The third-order valence-electron chi connectivity index (χ3n) is 5.70. The van der Waals surface area contributed by atoms with Gasteiger partial charge in [0.05, 0.1) is 11.9 Å². The van der Waals surface area contributed by atoms with E-state index in [1.165, 1.54) is 24.0 Å². The van der Waals surface area contributed by atoms with Gasteiger partial charge in [0.2, 0.25) is 5.88 Å². The van der Waals surface area contributed by atoms with E-state index in [0.717, 1.165) is 30.2 Å². The number of hydrogen-bond acceptors (Lipinski definition) is 6. The minimum Gasteiger partial charge on any atom is -0.471 e. The number of ether oxygens (including phenoxy) is 1. The van der Waals surface area contributed by atoms with Gasteiger partial charge in [0.1, 0.15) is 11.9 Å². The highest BCUT2D eigenvalue weighted by molar-refractivity contribution is 5.58. The Morgan fingerprint density at radius 1 is 1.13 bits per heavy atom. The van der Waals surface area contributed by atoms with Gasteiger partial charge in [0.15, 0.2) is 5.65 Å². The predicted octanol–water partition coefficient (Wildman–Crippen LogP) is 2.76. The average molecular weight is 401 g/mol. The zero-order valence-corrected chi connectivity index (χ0v) is 16.5. The van der Waals surface area contributed by atoms with Gasteiger partial charge in [0, 0.05) is 43.7 Å². The molecule has 1 saturated heterocycles. The molecule has 0 amide bonds. The summed E-state index contributed by atoms with van der Waals surface area (Å²) in [6.45, 7) is 2.42. The summed E-state index contributed by atoms with van der Waals surface area (Å²) in [7, 11) is 0. The molecule has 0 radical (unpaired) electrons. The molecule has 1 aliphatic heterocycles. The molecule has 0 unspecified atom stereocenters. The molecule has 8 nitrogen and oxygen atoms in total. The molecule has 4 aromatic rings. The van der Waals surface area contributed by atoms with E-state index in [4.69, 9.17) is 9.72 Å². The van der Waals surface area contributed by atoms with Gasteiger partial charge < -0.3 is 15.4 Å². The van der Waals surface area contributed by atoms with Crippen molar-refractivity contribution in [2.45, 2.75) is 31.4 Å². The summed E-state index contributed by atoms with van der Waals surface area (Å²) >= 11 is 0. The van der Waals surface area contributed by atoms with E-state index in [1.54, 1.807) is 6.20 Å². The second kappa shape index (κ2) is 7.14. The number of rotatable bonds is 7. The minimum atomic E-state index is 0.190. The van der Waals surface area contributed by atoms with Crippen molar-refractivity contribution in [3.8, 4) is 11.6 Å². The Kier molecular flexibility index (Phi) is 4.16. The Balaban J connectivity index is 1.26. The predicted molar refractivity (Wildman–Crippen MR) is 113 cm³/mol. The molecule has 8 heteroatoms. The van der Waals surface area contributed by atoms with Crippen LogP contribution in [-0.4, -0.2) is 43.6 Å². The Morgan fingerprint density at radius 3 is 2.70 bits per heavy atom. The molecule has 152 valence electrons. The number of nitrogens with one attached hydrogen (secondary N) is 2. The third kappa shape index (κ3) is 3.29. The van der Waals surface area contributed by atoms with E-state index in [2.05, 4.69) is 45.1 Å². The molecule has 2 fully saturated rings. The van der Waals surface area contributed by atoms with Crippen molar-refractivity contribution >= 4 is 11.5 Å². The monoisotopic (exact) mass is 401 g/mol. The van der Waals surface area contributed by atoms with Crippen LogP contribution in [0.4, 0.5) is 5.82 Å². The number of hydrogen-bond donors (Lipinski definition) is 2. The van der Waals surface area contributed by atoms with Crippen LogP contribution in [-0.2, 0) is 6.54 Å². The maximum atomic E-state index is 6.07. The first-order valence-corrected chi connectivity index (χ1v) is 10.4. The molecule has 0 bridgehead atoms. The van der Waals surface area contributed by atoms with Gasteiger partial charge in [-0.15, -0.1) is 0 Å². The number of aromatic nitrogens is 5. The normalized spacial score (nSPS) is 16.5. The second-order valence-corrected chi connectivity index (χ2v) is 7.96. The van der Waals surface area contributed by atoms with Crippen molar-refractivity contribution < 1.29 is 4.74 Å². The molecule has 0 spiro atoms. The highest BCUT2D eigenvalue weighted by atomic mass is 16.5. The van der Waals surface area contributed by atoms with Crippen LogP contribution in [0, 0.1) is 0 Å². The Labute approximate surface area is 173 Å². The molecule has 2 N–H and O–H groups in total. The molecule has 0 atom stereocenters. The maximum absolute atomic E-state index is 6.07. The molecule has 1 aliphatic carbocycles. The van der Waals surface area contributed by atoms with Crippen LogP contribution in [0.5, 0.6) is 5.88 Å². The highest BCUT2D eigenvalue weighted by Crippen LogP contribution is 2.42. The zero-order chi connectivity index (χ0) is 19.9. The van der Waals surface area contributed by atoms with Crippen LogP contribution in [0.2, 0.25) is 0 Å². The lowest BCUT2D eigenvalue weighted by Crippen LogP contribution is -2.50. The molecule has 2 aliphatic rings. The van der Waals surface area contributed by atoms with E-state index in [1.807, 2.05) is 33.7 Å². The number of nitrogens with zero attached hydrogens (tertiary/aromatic N) is 5. The fourth-order valence-corrected chi connectivity index (χ4v) is 3.72. The first-order valence-electron chi connectivity index (χ1n) is 10.4. The second-order valence-electron chi connectivity index (χ2n) is 7.96. The van der Waals surface area contributed by atoms with E-state index in [9.17, 15) is 0 Å². The van der Waals surface area contributed by atoms with Crippen molar-refractivity contribution in [1.82, 2.24) is 29.7 Å². The topological polar surface area (TPSA) is 81.3 Å². The van der Waals surface area contributed by atoms with Gasteiger partial charge in [0.25, 0.3) is 0 Å². The Morgan fingerprint density at radius 2 is 2.00 bits per heavy atom. The molecule has 1 saturated carbocycles. The van der Waals surface area contributed by atoms with Crippen molar-refractivity contribution in [2.75, 3.05) is 18.4 Å². The van der Waals surface area contributed by atoms with Crippen molar-refractivity contribution in [3.63, 3.8) is 0 Å². The fraction of sp³-hybridized carbons (Fsp3) is 0.318. The summed E-state index contributed by atoms with van der Waals surface area (Å²) in [6.07, 6.45) is 8.30. The molecular formula is C22H23N7O. The minimum absolute atomic E-state index is 0.190. The molecule has 6 rings (SSSR count). The van der Waals surface area contributed by atoms with Crippen molar-refractivity contribution in [3.05, 3.63) is 66.1 Å². The molecule has 4 heterocycles. The maximum Gasteiger partial charge on any atom is 0.219 e. The summed E-state index contributed by atoms with van der Waals surface area (Å²) in [4.78, 5) is 4.77. The lowest BCUT2D eigenvalue weighted by molar-refractivity contribution is 0.136. The average Bonchev–Trinajstić information content (AvgIpc) is 3.25. The number of benzene rings is 1. The van der Waals surface area contributed by atoms with Gasteiger partial charge in [-0.25, -0.2) is 4.68 Å². The number of anilines is 1. The lowest BCUT2D eigenvalue weighted by Gasteiger charge is -2.27. The molecule has 1 aromatic carbocycles. The van der Waals surface area contributed by atoms with Gasteiger partial charge in [-0.3, -0.25) is 0 Å². The van der Waals surface area contributed by atoms with Crippen molar-refractivity contribution in [1.29, 1.82) is 0 Å². The first kappa shape index (κ1) is 17.5. The highest BCUT2D eigenvalue weighted by Gasteiger charge is 2.29. The van der Waals surface area contributed by atoms with Gasteiger partial charge in [-0.2, -0.15) is 19.7 Å². The Bertz CT molecular complexity index is 1160. The van der Waals surface area contributed by atoms with Crippen molar-refractivity contribution in [2.24, 2.45) is 0 Å². The summed E-state index contributed by atoms with van der Waals surface area (Å²) in [5, 5.41) is 15.6. The quantitative estimate of drug-likeness (QED) is 0.496. The van der Waals surface area contributed by atoms with Crippen LogP contribution in [0.25, 0.3) is 11.3 Å². The van der Waals surface area contributed by atoms with E-state index in [-0.39, 0.29) is 6.10 Å². The summed E-state index contributed by atoms with van der Waals surface area (Å²) < 4.78 is 9.82. The van der Waals surface area contributed by atoms with Crippen LogP contribution >= 0.6 is 0 Å². The Hall–Kier alpha value is -3.39. The zero-order valence-electron chi connectivity index (χ0n) is 16.5. The van der Waals surface area contributed by atoms with E-state index >= 15 is 0 Å². The first-order chi connectivity index (χ1) is 14.8.